The molecule has 0 aromatic heterocycles. The van der Waals surface area contributed by atoms with E-state index < -0.39 is 17.7 Å². The number of esters is 1. The Morgan fingerprint density at radius 1 is 0.897 bits per heavy atom. The second-order valence-corrected chi connectivity index (χ2v) is 6.72. The van der Waals surface area contributed by atoms with Gasteiger partial charge in [-0.1, -0.05) is 48.0 Å². The van der Waals surface area contributed by atoms with Gasteiger partial charge in [-0.2, -0.15) is 13.2 Å². The third-order valence-corrected chi connectivity index (χ3v) is 4.40. The predicted octanol–water partition coefficient (Wildman–Crippen LogP) is 6.61. The molecule has 3 aromatic rings. The molecule has 0 aliphatic rings. The summed E-state index contributed by atoms with van der Waals surface area (Å²) < 4.78 is 43.6. The minimum absolute atomic E-state index is 0.267. The number of aryl methyl sites for hydroxylation is 2. The first-order chi connectivity index (χ1) is 13.7. The molecule has 5 heteroatoms. The van der Waals surface area contributed by atoms with Gasteiger partial charge in [-0.15, -0.1) is 0 Å². The van der Waals surface area contributed by atoms with E-state index in [1.807, 2.05) is 50.2 Å². The van der Waals surface area contributed by atoms with Crippen LogP contribution in [0.4, 0.5) is 13.2 Å². The summed E-state index contributed by atoms with van der Waals surface area (Å²) in [5, 5.41) is 0. The van der Waals surface area contributed by atoms with Gasteiger partial charge < -0.3 is 4.74 Å². The molecule has 0 spiro atoms. The zero-order valence-corrected chi connectivity index (χ0v) is 16.0. The van der Waals surface area contributed by atoms with Crippen LogP contribution in [0.5, 0.6) is 5.75 Å². The molecule has 29 heavy (non-hydrogen) atoms. The molecule has 0 amide bonds. The summed E-state index contributed by atoms with van der Waals surface area (Å²) in [4.78, 5) is 12.1. The highest BCUT2D eigenvalue weighted by Crippen LogP contribution is 2.30. The van der Waals surface area contributed by atoms with E-state index in [4.69, 9.17) is 4.74 Å². The van der Waals surface area contributed by atoms with Crippen molar-refractivity contribution in [1.82, 2.24) is 0 Å². The van der Waals surface area contributed by atoms with Crippen LogP contribution in [0.25, 0.3) is 17.2 Å². The van der Waals surface area contributed by atoms with Crippen molar-refractivity contribution in [2.75, 3.05) is 0 Å². The lowest BCUT2D eigenvalue weighted by Crippen LogP contribution is -2.05. The minimum atomic E-state index is -4.43. The summed E-state index contributed by atoms with van der Waals surface area (Å²) in [6.45, 7) is 3.85. The van der Waals surface area contributed by atoms with Gasteiger partial charge in [0.25, 0.3) is 0 Å². The zero-order chi connectivity index (χ0) is 21.0. The van der Waals surface area contributed by atoms with E-state index in [1.54, 1.807) is 6.07 Å². The maximum Gasteiger partial charge on any atom is 0.416 e. The normalized spacial score (nSPS) is 11.6. The molecule has 0 unspecified atom stereocenters. The molecule has 0 aliphatic carbocycles. The molecule has 0 fully saturated rings. The van der Waals surface area contributed by atoms with E-state index in [0.717, 1.165) is 34.9 Å². The van der Waals surface area contributed by atoms with E-state index in [2.05, 4.69) is 0 Å². The maximum atomic E-state index is 12.8. The van der Waals surface area contributed by atoms with E-state index >= 15 is 0 Å². The molecule has 0 bridgehead atoms. The highest BCUT2D eigenvalue weighted by Gasteiger charge is 2.30. The van der Waals surface area contributed by atoms with Gasteiger partial charge in [0.2, 0.25) is 0 Å². The average molecular weight is 396 g/mol. The summed E-state index contributed by atoms with van der Waals surface area (Å²) in [5.41, 5.74) is 3.51. The Morgan fingerprint density at radius 2 is 1.59 bits per heavy atom. The number of benzene rings is 3. The summed E-state index contributed by atoms with van der Waals surface area (Å²) in [6, 6.07) is 18.3. The number of hydrogen-bond acceptors (Lipinski definition) is 2. The van der Waals surface area contributed by atoms with Gasteiger partial charge >= 0.3 is 12.1 Å². The van der Waals surface area contributed by atoms with Crippen molar-refractivity contribution in [1.29, 1.82) is 0 Å². The molecule has 0 atom stereocenters. The molecule has 0 aliphatic heterocycles. The highest BCUT2D eigenvalue weighted by molar-refractivity contribution is 5.89. The average Bonchev–Trinajstić information content (AvgIpc) is 2.68. The number of ether oxygens (including phenoxy) is 1. The Kier molecular flexibility index (Phi) is 5.87. The van der Waals surface area contributed by atoms with Crippen LogP contribution in [0.1, 0.15) is 22.3 Å². The number of alkyl halides is 3. The Hall–Kier alpha value is -3.34. The van der Waals surface area contributed by atoms with Gasteiger partial charge in [-0.3, -0.25) is 0 Å². The van der Waals surface area contributed by atoms with Crippen LogP contribution < -0.4 is 4.74 Å². The molecule has 148 valence electrons. The fourth-order valence-electron chi connectivity index (χ4n) is 2.81. The highest BCUT2D eigenvalue weighted by atomic mass is 19.4. The minimum Gasteiger partial charge on any atom is -0.423 e. The standard InChI is InChI=1S/C24H19F3O2/c1-16-6-9-19(10-7-16)20-11-12-22(17(2)14-20)29-23(28)13-8-18-4-3-5-21(15-18)24(25,26)27/h3-15H,1-2H3/b13-8+. The van der Waals surface area contributed by atoms with Crippen molar-refractivity contribution < 1.29 is 22.7 Å². The molecular weight excluding hydrogens is 377 g/mol. The second kappa shape index (κ2) is 8.35. The van der Waals surface area contributed by atoms with Crippen molar-refractivity contribution in [2.45, 2.75) is 20.0 Å². The molecular formula is C24H19F3O2. The van der Waals surface area contributed by atoms with Crippen LogP contribution in [0.3, 0.4) is 0 Å². The monoisotopic (exact) mass is 396 g/mol. The Bertz CT molecular complexity index is 1050. The molecule has 3 aromatic carbocycles. The van der Waals surface area contributed by atoms with Gasteiger partial charge in [-0.25, -0.2) is 4.79 Å². The summed E-state index contributed by atoms with van der Waals surface area (Å²) in [5.74, 6) is -0.256. The van der Waals surface area contributed by atoms with Crippen LogP contribution in [-0.4, -0.2) is 5.97 Å². The van der Waals surface area contributed by atoms with Crippen molar-refractivity contribution in [3.8, 4) is 16.9 Å². The van der Waals surface area contributed by atoms with Crippen LogP contribution in [0.2, 0.25) is 0 Å². The number of halogens is 3. The molecule has 0 N–H and O–H groups in total. The Morgan fingerprint density at radius 3 is 2.24 bits per heavy atom. The van der Waals surface area contributed by atoms with Gasteiger partial charge in [0.05, 0.1) is 5.56 Å². The smallest absolute Gasteiger partial charge is 0.416 e. The number of rotatable bonds is 4. The summed E-state index contributed by atoms with van der Waals surface area (Å²) in [6.07, 6.45) is -2.02. The van der Waals surface area contributed by atoms with Crippen LogP contribution in [-0.2, 0) is 11.0 Å². The van der Waals surface area contributed by atoms with E-state index in [9.17, 15) is 18.0 Å². The van der Waals surface area contributed by atoms with E-state index in [1.165, 1.54) is 23.8 Å². The third kappa shape index (κ3) is 5.35. The van der Waals surface area contributed by atoms with Gasteiger partial charge in [0.15, 0.2) is 0 Å². The topological polar surface area (TPSA) is 26.3 Å². The van der Waals surface area contributed by atoms with Gasteiger partial charge in [0, 0.05) is 6.08 Å². The van der Waals surface area contributed by atoms with E-state index in [0.29, 0.717) is 5.75 Å². The molecule has 0 saturated heterocycles. The lowest BCUT2D eigenvalue weighted by Gasteiger charge is -2.09. The number of carbonyl (C=O) groups is 1. The number of carbonyl (C=O) groups excluding carboxylic acids is 1. The molecule has 0 saturated carbocycles. The molecule has 0 heterocycles. The summed E-state index contributed by atoms with van der Waals surface area (Å²) in [7, 11) is 0. The van der Waals surface area contributed by atoms with Gasteiger partial charge in [0.1, 0.15) is 5.75 Å². The van der Waals surface area contributed by atoms with Crippen LogP contribution in [0.15, 0.2) is 72.8 Å². The van der Waals surface area contributed by atoms with Crippen molar-refractivity contribution in [3.63, 3.8) is 0 Å². The maximum absolute atomic E-state index is 12.8. The largest absolute Gasteiger partial charge is 0.423 e. The molecule has 3 rings (SSSR count). The Balaban J connectivity index is 1.71. The third-order valence-electron chi connectivity index (χ3n) is 4.40. The van der Waals surface area contributed by atoms with Crippen molar-refractivity contribution in [3.05, 3.63) is 95.1 Å². The Labute approximate surface area is 167 Å². The lowest BCUT2D eigenvalue weighted by molar-refractivity contribution is -0.137. The number of hydrogen-bond donors (Lipinski definition) is 0. The first kappa shape index (κ1) is 20.4. The predicted molar refractivity (Wildman–Crippen MR) is 107 cm³/mol. The fourth-order valence-corrected chi connectivity index (χ4v) is 2.81. The second-order valence-electron chi connectivity index (χ2n) is 6.72. The lowest BCUT2D eigenvalue weighted by atomic mass is 10.0. The molecule has 0 radical (unpaired) electrons. The first-order valence-corrected chi connectivity index (χ1v) is 8.97. The van der Waals surface area contributed by atoms with Crippen LogP contribution in [0, 0.1) is 13.8 Å². The zero-order valence-electron chi connectivity index (χ0n) is 16.0. The quantitative estimate of drug-likeness (QED) is 0.282. The SMILES string of the molecule is Cc1ccc(-c2ccc(OC(=O)/C=C/c3cccc(C(F)(F)F)c3)c(C)c2)cc1. The summed E-state index contributed by atoms with van der Waals surface area (Å²) >= 11 is 0. The molecule has 2 nitrogen and oxygen atoms in total. The van der Waals surface area contributed by atoms with Crippen LogP contribution >= 0.6 is 0 Å². The van der Waals surface area contributed by atoms with Gasteiger partial charge in [-0.05, 0) is 66.4 Å². The first-order valence-electron chi connectivity index (χ1n) is 8.97. The van der Waals surface area contributed by atoms with Crippen molar-refractivity contribution >= 4 is 12.0 Å². The van der Waals surface area contributed by atoms with E-state index in [-0.39, 0.29) is 5.56 Å². The van der Waals surface area contributed by atoms with Crippen molar-refractivity contribution in [2.24, 2.45) is 0 Å². The fraction of sp³-hybridized carbons (Fsp3) is 0.125.